The van der Waals surface area contributed by atoms with E-state index in [1.165, 1.54) is 6.07 Å². The molecular weight excluding hydrogens is 400 g/mol. The van der Waals surface area contributed by atoms with Crippen LogP contribution in [0.2, 0.25) is 0 Å². The number of para-hydroxylation sites is 1. The molecule has 0 spiro atoms. The molecule has 1 N–H and O–H groups in total. The fraction of sp³-hybridized carbons (Fsp3) is 0.185. The van der Waals surface area contributed by atoms with Gasteiger partial charge in [-0.05, 0) is 29.7 Å². The largest absolute Gasteiger partial charge is 0.423 e. The molecule has 4 rings (SSSR count). The van der Waals surface area contributed by atoms with Gasteiger partial charge in [0.05, 0.1) is 11.6 Å². The van der Waals surface area contributed by atoms with Crippen molar-refractivity contribution in [1.82, 2.24) is 4.90 Å². The van der Waals surface area contributed by atoms with E-state index in [0.717, 1.165) is 28.6 Å². The molecule has 1 heterocycles. The van der Waals surface area contributed by atoms with Gasteiger partial charge in [-0.15, -0.1) is 0 Å². The number of carbonyl (C=O) groups is 1. The second-order valence-electron chi connectivity index (χ2n) is 7.77. The fourth-order valence-electron chi connectivity index (χ4n) is 3.90. The molecule has 32 heavy (non-hydrogen) atoms. The molecule has 0 unspecified atom stereocenters. The smallest absolute Gasteiger partial charge is 0.338 e. The zero-order chi connectivity index (χ0) is 22.3. The first-order valence-corrected chi connectivity index (χ1v) is 10.7. The first kappa shape index (κ1) is 21.4. The van der Waals surface area contributed by atoms with Gasteiger partial charge in [-0.2, -0.15) is 0 Å². The van der Waals surface area contributed by atoms with E-state index in [0.29, 0.717) is 18.7 Å². The Bertz CT molecular complexity index is 1200. The minimum absolute atomic E-state index is 0.0632. The third-order valence-electron chi connectivity index (χ3n) is 5.52. The van der Waals surface area contributed by atoms with Crippen molar-refractivity contribution >= 4 is 22.6 Å². The molecule has 1 aromatic heterocycles. The normalized spacial score (nSPS) is 10.9. The number of carbonyl (C=O) groups excluding carboxylic acids is 1. The van der Waals surface area contributed by atoms with Gasteiger partial charge < -0.3 is 14.6 Å². The van der Waals surface area contributed by atoms with Crippen LogP contribution in [0.5, 0.6) is 0 Å². The lowest BCUT2D eigenvalue weighted by Crippen LogP contribution is -2.33. The topological polar surface area (TPSA) is 62.6 Å². The van der Waals surface area contributed by atoms with Gasteiger partial charge in [0.15, 0.2) is 0 Å². The number of hydrogen-bond acceptors (Lipinski definition) is 4. The molecule has 162 valence electrons. The minimum Gasteiger partial charge on any atom is -0.423 e. The molecule has 0 aliphatic heterocycles. The summed E-state index contributed by atoms with van der Waals surface area (Å²) in [5.41, 5.74) is 2.89. The van der Waals surface area contributed by atoms with Crippen LogP contribution < -0.4 is 10.9 Å². The van der Waals surface area contributed by atoms with Gasteiger partial charge >= 0.3 is 5.63 Å². The number of amides is 1. The minimum atomic E-state index is -0.382. The number of nitrogens with one attached hydrogen (secondary N) is 1. The Morgan fingerprint density at radius 2 is 1.50 bits per heavy atom. The second-order valence-corrected chi connectivity index (χ2v) is 7.77. The number of rotatable bonds is 8. The number of benzene rings is 3. The average molecular weight is 427 g/mol. The van der Waals surface area contributed by atoms with Crippen LogP contribution in [0.1, 0.15) is 23.5 Å². The van der Waals surface area contributed by atoms with Gasteiger partial charge in [0, 0.05) is 31.6 Å². The van der Waals surface area contributed by atoms with Crippen molar-refractivity contribution < 1.29 is 9.21 Å². The van der Waals surface area contributed by atoms with Gasteiger partial charge in [0.1, 0.15) is 5.58 Å². The molecule has 0 saturated carbocycles. The number of fused-ring (bicyclic) bond motifs is 1. The van der Waals surface area contributed by atoms with E-state index in [1.807, 2.05) is 85.9 Å². The van der Waals surface area contributed by atoms with Crippen LogP contribution in [0.15, 0.2) is 100 Å². The summed E-state index contributed by atoms with van der Waals surface area (Å²) in [6.07, 6.45) is 0.743. The SMILES string of the molecule is CN(CCCNc1cc(=O)oc2ccccc12)C(=O)C(c1ccccc1)c1ccccc1. The lowest BCUT2D eigenvalue weighted by molar-refractivity contribution is -0.130. The monoisotopic (exact) mass is 426 g/mol. The average Bonchev–Trinajstić information content (AvgIpc) is 2.83. The summed E-state index contributed by atoms with van der Waals surface area (Å²) in [6.45, 7) is 1.23. The third kappa shape index (κ3) is 4.89. The van der Waals surface area contributed by atoms with Crippen LogP contribution in [-0.2, 0) is 4.79 Å². The zero-order valence-electron chi connectivity index (χ0n) is 18.0. The van der Waals surface area contributed by atoms with Crippen molar-refractivity contribution in [2.45, 2.75) is 12.3 Å². The molecule has 0 fully saturated rings. The molecular formula is C27H26N2O3. The van der Waals surface area contributed by atoms with Crippen molar-refractivity contribution in [3.05, 3.63) is 113 Å². The zero-order valence-corrected chi connectivity index (χ0v) is 18.0. The predicted octanol–water partition coefficient (Wildman–Crippen LogP) is 4.89. The number of hydrogen-bond donors (Lipinski definition) is 1. The van der Waals surface area contributed by atoms with Gasteiger partial charge in [0.2, 0.25) is 5.91 Å². The lowest BCUT2D eigenvalue weighted by Gasteiger charge is -2.25. The lowest BCUT2D eigenvalue weighted by atomic mass is 9.90. The molecule has 0 radical (unpaired) electrons. The van der Waals surface area contributed by atoms with Crippen molar-refractivity contribution in [3.63, 3.8) is 0 Å². The molecule has 1 amide bonds. The quantitative estimate of drug-likeness (QED) is 0.322. The maximum Gasteiger partial charge on any atom is 0.338 e. The molecule has 5 heteroatoms. The maximum atomic E-state index is 13.4. The summed E-state index contributed by atoms with van der Waals surface area (Å²) in [5.74, 6) is -0.272. The molecule has 3 aromatic carbocycles. The van der Waals surface area contributed by atoms with E-state index in [-0.39, 0.29) is 17.5 Å². The molecule has 5 nitrogen and oxygen atoms in total. The van der Waals surface area contributed by atoms with Crippen LogP contribution >= 0.6 is 0 Å². The number of anilines is 1. The maximum absolute atomic E-state index is 13.4. The summed E-state index contributed by atoms with van der Waals surface area (Å²) in [6, 6.07) is 28.7. The Kier molecular flexibility index (Phi) is 6.66. The van der Waals surface area contributed by atoms with Gasteiger partial charge in [-0.25, -0.2) is 4.79 Å². The van der Waals surface area contributed by atoms with Crippen molar-refractivity contribution in [2.75, 3.05) is 25.5 Å². The predicted molar refractivity (Wildman–Crippen MR) is 128 cm³/mol. The Morgan fingerprint density at radius 1 is 0.906 bits per heavy atom. The van der Waals surface area contributed by atoms with E-state index in [1.54, 1.807) is 11.0 Å². The van der Waals surface area contributed by atoms with Crippen LogP contribution in [0.25, 0.3) is 11.0 Å². The van der Waals surface area contributed by atoms with Gasteiger partial charge in [0.25, 0.3) is 0 Å². The Morgan fingerprint density at radius 3 is 2.16 bits per heavy atom. The molecule has 0 atom stereocenters. The summed E-state index contributed by atoms with van der Waals surface area (Å²) in [7, 11) is 1.84. The van der Waals surface area contributed by atoms with Crippen LogP contribution in [-0.4, -0.2) is 30.9 Å². The summed E-state index contributed by atoms with van der Waals surface area (Å²) < 4.78 is 5.24. The van der Waals surface area contributed by atoms with Crippen LogP contribution in [0.3, 0.4) is 0 Å². The second kappa shape index (κ2) is 9.96. The molecule has 0 aliphatic rings. The van der Waals surface area contributed by atoms with E-state index in [9.17, 15) is 9.59 Å². The van der Waals surface area contributed by atoms with E-state index >= 15 is 0 Å². The molecule has 0 aliphatic carbocycles. The van der Waals surface area contributed by atoms with Gasteiger partial charge in [-0.1, -0.05) is 72.8 Å². The Balaban J connectivity index is 1.42. The highest BCUT2D eigenvalue weighted by molar-refractivity contribution is 5.89. The highest BCUT2D eigenvalue weighted by Gasteiger charge is 2.25. The summed E-state index contributed by atoms with van der Waals surface area (Å²) >= 11 is 0. The van der Waals surface area contributed by atoms with E-state index < -0.39 is 0 Å². The van der Waals surface area contributed by atoms with E-state index in [2.05, 4.69) is 5.32 Å². The Hall–Kier alpha value is -3.86. The fourth-order valence-corrected chi connectivity index (χ4v) is 3.90. The summed E-state index contributed by atoms with van der Waals surface area (Å²) in [5, 5.41) is 4.18. The number of likely N-dealkylation sites (N-methyl/N-ethyl adjacent to an activating group) is 1. The van der Waals surface area contributed by atoms with E-state index in [4.69, 9.17) is 4.42 Å². The highest BCUT2D eigenvalue weighted by Crippen LogP contribution is 2.26. The molecule has 4 aromatic rings. The van der Waals surface area contributed by atoms with Gasteiger partial charge in [-0.3, -0.25) is 4.79 Å². The highest BCUT2D eigenvalue weighted by atomic mass is 16.4. The summed E-state index contributed by atoms with van der Waals surface area (Å²) in [4.78, 5) is 27.0. The number of nitrogens with zero attached hydrogens (tertiary/aromatic N) is 1. The van der Waals surface area contributed by atoms with Crippen molar-refractivity contribution in [3.8, 4) is 0 Å². The Labute approximate surface area is 187 Å². The first-order valence-electron chi connectivity index (χ1n) is 10.7. The van der Waals surface area contributed by atoms with Crippen LogP contribution in [0.4, 0.5) is 5.69 Å². The van der Waals surface area contributed by atoms with Crippen LogP contribution in [0, 0.1) is 0 Å². The third-order valence-corrected chi connectivity index (χ3v) is 5.52. The molecule has 0 saturated heterocycles. The van der Waals surface area contributed by atoms with Crippen molar-refractivity contribution in [2.24, 2.45) is 0 Å². The first-order chi connectivity index (χ1) is 15.6. The molecule has 0 bridgehead atoms. The van der Waals surface area contributed by atoms with Crippen molar-refractivity contribution in [1.29, 1.82) is 0 Å². The standard InChI is InChI=1S/C27H26N2O3/c1-29(18-10-17-28-23-19-25(30)32-24-16-9-8-15-22(23)24)27(31)26(20-11-4-2-5-12-20)21-13-6-3-7-14-21/h2-9,11-16,19,26,28H,10,17-18H2,1H3.